The van der Waals surface area contributed by atoms with Crippen molar-refractivity contribution in [3.63, 3.8) is 0 Å². The van der Waals surface area contributed by atoms with Crippen LogP contribution < -0.4 is 10.3 Å². The summed E-state index contributed by atoms with van der Waals surface area (Å²) >= 11 is 7.31. The number of ketones is 1. The lowest BCUT2D eigenvalue weighted by molar-refractivity contribution is 0.0969. The molecule has 0 aliphatic heterocycles. The van der Waals surface area contributed by atoms with Gasteiger partial charge in [-0.2, -0.15) is 0 Å². The number of hydrogen-bond donors (Lipinski definition) is 0. The number of nitrogens with zero attached hydrogens (tertiary/aromatic N) is 2. The third kappa shape index (κ3) is 3.69. The molecule has 0 aliphatic rings. The Labute approximate surface area is 176 Å². The van der Waals surface area contributed by atoms with Crippen molar-refractivity contribution in [3.8, 4) is 16.9 Å². The average molecular weight is 425 g/mol. The smallest absolute Gasteiger partial charge is 0.263 e. The molecule has 2 heterocycles. The van der Waals surface area contributed by atoms with Gasteiger partial charge in [0, 0.05) is 21.5 Å². The molecular weight excluding hydrogens is 408 g/mol. The molecule has 0 unspecified atom stereocenters. The Hall–Kier alpha value is -2.96. The van der Waals surface area contributed by atoms with Gasteiger partial charge in [-0.25, -0.2) is 4.98 Å². The van der Waals surface area contributed by atoms with Crippen LogP contribution in [0.1, 0.15) is 16.2 Å². The zero-order valence-corrected chi connectivity index (χ0v) is 17.4. The van der Waals surface area contributed by atoms with Gasteiger partial charge in [0.15, 0.2) is 5.78 Å². The molecule has 4 rings (SSSR count). The van der Waals surface area contributed by atoms with E-state index in [2.05, 4.69) is 4.98 Å². The van der Waals surface area contributed by atoms with E-state index in [0.717, 1.165) is 16.9 Å². The molecule has 7 heteroatoms. The van der Waals surface area contributed by atoms with Gasteiger partial charge < -0.3 is 4.74 Å². The Morgan fingerprint density at radius 3 is 2.48 bits per heavy atom. The molecule has 0 spiro atoms. The number of rotatable bonds is 5. The number of methoxy groups -OCH3 is 1. The minimum Gasteiger partial charge on any atom is -0.497 e. The number of hydrogen-bond acceptors (Lipinski definition) is 5. The fourth-order valence-corrected chi connectivity index (χ4v) is 4.28. The van der Waals surface area contributed by atoms with Crippen molar-refractivity contribution in [1.29, 1.82) is 0 Å². The largest absolute Gasteiger partial charge is 0.497 e. The molecule has 29 heavy (non-hydrogen) atoms. The second-order valence-electron chi connectivity index (χ2n) is 6.54. The van der Waals surface area contributed by atoms with E-state index in [4.69, 9.17) is 16.3 Å². The van der Waals surface area contributed by atoms with Gasteiger partial charge in [-0.15, -0.1) is 11.3 Å². The Kier molecular flexibility index (Phi) is 5.22. The first kappa shape index (κ1) is 19.4. The lowest BCUT2D eigenvalue weighted by atomic mass is 10.1. The van der Waals surface area contributed by atoms with Crippen molar-refractivity contribution in [3.05, 3.63) is 80.7 Å². The van der Waals surface area contributed by atoms with Crippen molar-refractivity contribution in [2.75, 3.05) is 7.11 Å². The molecule has 5 nitrogen and oxygen atoms in total. The van der Waals surface area contributed by atoms with Crippen LogP contribution in [0.2, 0.25) is 5.02 Å². The van der Waals surface area contributed by atoms with E-state index in [9.17, 15) is 9.59 Å². The second kappa shape index (κ2) is 7.81. The zero-order valence-electron chi connectivity index (χ0n) is 15.8. The Morgan fingerprint density at radius 2 is 1.83 bits per heavy atom. The molecule has 0 atom stereocenters. The highest BCUT2D eigenvalue weighted by atomic mass is 35.5. The molecule has 2 aromatic heterocycles. The van der Waals surface area contributed by atoms with Crippen molar-refractivity contribution in [2.24, 2.45) is 0 Å². The maximum atomic E-state index is 13.3. The van der Waals surface area contributed by atoms with Crippen LogP contribution in [-0.2, 0) is 6.54 Å². The Morgan fingerprint density at radius 1 is 1.14 bits per heavy atom. The number of thiophene rings is 1. The molecule has 0 bridgehead atoms. The lowest BCUT2D eigenvalue weighted by Gasteiger charge is -2.10. The van der Waals surface area contributed by atoms with Gasteiger partial charge in [-0.1, -0.05) is 23.7 Å². The molecule has 0 fully saturated rings. The number of carbonyl (C=O) groups excluding carboxylic acids is 1. The molecule has 0 saturated heterocycles. The lowest BCUT2D eigenvalue weighted by Crippen LogP contribution is -2.27. The first-order chi connectivity index (χ1) is 14.0. The standard InChI is InChI=1S/C22H17ClN2O3S/c1-13-24-21-20(18(12-29-21)14-5-9-17(28-2)10-6-14)22(27)25(13)11-19(26)15-3-7-16(23)8-4-15/h3-10,12H,11H2,1-2H3. The summed E-state index contributed by atoms with van der Waals surface area (Å²) in [5.41, 5.74) is 1.98. The monoisotopic (exact) mass is 424 g/mol. The number of Topliss-reactive ketones (excluding diaryl/α,β-unsaturated/α-hetero) is 1. The van der Waals surface area contributed by atoms with Crippen LogP contribution in [0.3, 0.4) is 0 Å². The topological polar surface area (TPSA) is 61.2 Å². The summed E-state index contributed by atoms with van der Waals surface area (Å²) in [6.45, 7) is 1.66. The van der Waals surface area contributed by atoms with Gasteiger partial charge in [0.05, 0.1) is 19.0 Å². The molecule has 0 saturated carbocycles. The summed E-state index contributed by atoms with van der Waals surface area (Å²) in [5.74, 6) is 1.08. The van der Waals surface area contributed by atoms with Crippen LogP contribution in [-0.4, -0.2) is 22.4 Å². The molecule has 4 aromatic rings. The fraction of sp³-hybridized carbons (Fsp3) is 0.136. The third-order valence-electron chi connectivity index (χ3n) is 4.75. The third-order valence-corrected chi connectivity index (χ3v) is 5.88. The van der Waals surface area contributed by atoms with E-state index in [1.807, 2.05) is 29.6 Å². The first-order valence-corrected chi connectivity index (χ1v) is 10.2. The number of fused-ring (bicyclic) bond motifs is 1. The van der Waals surface area contributed by atoms with Gasteiger partial charge in [-0.05, 0) is 48.9 Å². The molecule has 0 radical (unpaired) electrons. The second-order valence-corrected chi connectivity index (χ2v) is 7.83. The Bertz CT molecular complexity index is 1260. The maximum Gasteiger partial charge on any atom is 0.263 e. The van der Waals surface area contributed by atoms with Gasteiger partial charge in [-0.3, -0.25) is 14.2 Å². The average Bonchev–Trinajstić information content (AvgIpc) is 3.15. The number of halogens is 1. The van der Waals surface area contributed by atoms with Crippen molar-refractivity contribution in [1.82, 2.24) is 9.55 Å². The summed E-state index contributed by atoms with van der Waals surface area (Å²) in [7, 11) is 1.61. The number of carbonyl (C=O) groups is 1. The molecular formula is C22H17ClN2O3S. The van der Waals surface area contributed by atoms with Gasteiger partial charge in [0.2, 0.25) is 0 Å². The molecule has 0 N–H and O–H groups in total. The van der Waals surface area contributed by atoms with Crippen molar-refractivity contribution < 1.29 is 9.53 Å². The minimum absolute atomic E-state index is 0.0763. The Balaban J connectivity index is 1.78. The van der Waals surface area contributed by atoms with Crippen LogP contribution in [0, 0.1) is 6.92 Å². The van der Waals surface area contributed by atoms with E-state index in [0.29, 0.717) is 26.6 Å². The van der Waals surface area contributed by atoms with Crippen LogP contribution in [0.4, 0.5) is 0 Å². The number of ether oxygens (including phenoxy) is 1. The van der Waals surface area contributed by atoms with E-state index in [1.165, 1.54) is 15.9 Å². The van der Waals surface area contributed by atoms with Gasteiger partial charge in [0.1, 0.15) is 16.4 Å². The van der Waals surface area contributed by atoms with E-state index >= 15 is 0 Å². The minimum atomic E-state index is -0.220. The van der Waals surface area contributed by atoms with E-state index < -0.39 is 0 Å². The predicted molar refractivity (Wildman–Crippen MR) is 116 cm³/mol. The van der Waals surface area contributed by atoms with Crippen molar-refractivity contribution >= 4 is 38.9 Å². The zero-order chi connectivity index (χ0) is 20.5. The van der Waals surface area contributed by atoms with Crippen LogP contribution in [0.15, 0.2) is 58.7 Å². The summed E-state index contributed by atoms with van der Waals surface area (Å²) in [5, 5.41) is 3.00. The van der Waals surface area contributed by atoms with Gasteiger partial charge >= 0.3 is 0 Å². The molecule has 2 aromatic carbocycles. The molecule has 0 aliphatic carbocycles. The van der Waals surface area contributed by atoms with E-state index in [1.54, 1.807) is 38.3 Å². The summed E-state index contributed by atoms with van der Waals surface area (Å²) < 4.78 is 6.63. The highest BCUT2D eigenvalue weighted by Gasteiger charge is 2.17. The predicted octanol–water partition coefficient (Wildman–Crippen LogP) is 4.98. The SMILES string of the molecule is COc1ccc(-c2csc3nc(C)n(CC(=O)c4ccc(Cl)cc4)c(=O)c23)cc1. The molecule has 0 amide bonds. The highest BCUT2D eigenvalue weighted by Crippen LogP contribution is 2.32. The van der Waals surface area contributed by atoms with Crippen LogP contribution in [0.25, 0.3) is 21.3 Å². The number of aromatic nitrogens is 2. The van der Waals surface area contributed by atoms with E-state index in [-0.39, 0.29) is 17.9 Å². The van der Waals surface area contributed by atoms with Crippen molar-refractivity contribution in [2.45, 2.75) is 13.5 Å². The first-order valence-electron chi connectivity index (χ1n) is 8.90. The highest BCUT2D eigenvalue weighted by molar-refractivity contribution is 7.17. The number of benzene rings is 2. The summed E-state index contributed by atoms with van der Waals surface area (Å²) in [4.78, 5) is 31.2. The fourth-order valence-electron chi connectivity index (χ4n) is 3.17. The van der Waals surface area contributed by atoms with Gasteiger partial charge in [0.25, 0.3) is 5.56 Å². The van der Waals surface area contributed by atoms with Crippen LogP contribution >= 0.6 is 22.9 Å². The quantitative estimate of drug-likeness (QED) is 0.424. The molecule has 146 valence electrons. The summed E-state index contributed by atoms with van der Waals surface area (Å²) in [6.07, 6.45) is 0. The number of aryl methyl sites for hydroxylation is 1. The summed E-state index contributed by atoms with van der Waals surface area (Å²) in [6, 6.07) is 14.1. The maximum absolute atomic E-state index is 13.3. The normalized spacial score (nSPS) is 11.0. The van der Waals surface area contributed by atoms with Crippen LogP contribution in [0.5, 0.6) is 5.75 Å².